The lowest BCUT2D eigenvalue weighted by Crippen LogP contribution is -2.01. The third-order valence-electron chi connectivity index (χ3n) is 3.17. The third kappa shape index (κ3) is 2.43. The highest BCUT2D eigenvalue weighted by Crippen LogP contribution is 2.30. The summed E-state index contributed by atoms with van der Waals surface area (Å²) in [5.74, 6) is 0.775. The second kappa shape index (κ2) is 5.63. The van der Waals surface area contributed by atoms with Crippen LogP contribution in [0.5, 0.6) is 0 Å². The number of aromatic amines is 1. The van der Waals surface area contributed by atoms with Crippen LogP contribution in [0.2, 0.25) is 0 Å². The molecule has 0 atom stereocenters. The molecule has 0 aliphatic heterocycles. The number of rotatable bonds is 5. The van der Waals surface area contributed by atoms with Crippen LogP contribution in [-0.2, 0) is 6.54 Å². The second-order valence-electron chi connectivity index (χ2n) is 4.56. The number of anilines is 1. The molecule has 0 spiro atoms. The summed E-state index contributed by atoms with van der Waals surface area (Å²) in [6, 6.07) is 4.08. The second-order valence-corrected chi connectivity index (χ2v) is 4.56. The summed E-state index contributed by atoms with van der Waals surface area (Å²) in [5.41, 5.74) is 2.55. The molecule has 106 valence electrons. The van der Waals surface area contributed by atoms with Gasteiger partial charge in [0.25, 0.3) is 0 Å². The van der Waals surface area contributed by atoms with Gasteiger partial charge in [-0.3, -0.25) is 4.68 Å². The average Bonchev–Trinajstić information content (AvgIpc) is 3.11. The maximum atomic E-state index is 8.71. The Kier molecular flexibility index (Phi) is 3.51. The van der Waals surface area contributed by atoms with Crippen LogP contribution in [0.4, 0.5) is 5.82 Å². The van der Waals surface area contributed by atoms with E-state index in [-0.39, 0.29) is 0 Å². The molecule has 0 amide bonds. The van der Waals surface area contributed by atoms with Gasteiger partial charge in [0.05, 0.1) is 30.3 Å². The van der Waals surface area contributed by atoms with Crippen molar-refractivity contribution >= 4 is 16.9 Å². The Bertz CT molecular complexity index is 793. The van der Waals surface area contributed by atoms with E-state index < -0.39 is 0 Å². The lowest BCUT2D eigenvalue weighted by molar-refractivity contribution is 0.629. The van der Waals surface area contributed by atoms with Gasteiger partial charge in [-0.2, -0.15) is 10.4 Å². The molecule has 0 aliphatic carbocycles. The molecule has 0 aliphatic rings. The number of nitrogens with zero attached hydrogens (tertiary/aromatic N) is 5. The molecule has 0 saturated carbocycles. The highest BCUT2D eigenvalue weighted by molar-refractivity contribution is 5.93. The van der Waals surface area contributed by atoms with Gasteiger partial charge in [-0.05, 0) is 13.0 Å². The van der Waals surface area contributed by atoms with Crippen LogP contribution >= 0.6 is 0 Å². The zero-order valence-electron chi connectivity index (χ0n) is 11.7. The van der Waals surface area contributed by atoms with Crippen LogP contribution in [0.3, 0.4) is 0 Å². The Labute approximate surface area is 121 Å². The molecule has 0 saturated heterocycles. The Hall–Kier alpha value is -2.88. The zero-order chi connectivity index (χ0) is 14.7. The normalized spacial score (nSPS) is 10.7. The number of hydrogen-bond acceptors (Lipinski definition) is 5. The van der Waals surface area contributed by atoms with Crippen LogP contribution in [0.15, 0.2) is 24.8 Å². The summed E-state index contributed by atoms with van der Waals surface area (Å²) in [6.07, 6.45) is 5.73. The van der Waals surface area contributed by atoms with Crippen LogP contribution in [0.25, 0.3) is 22.3 Å². The van der Waals surface area contributed by atoms with E-state index in [1.807, 2.05) is 25.4 Å². The average molecular weight is 281 g/mol. The number of H-pyrrole nitrogens is 1. The van der Waals surface area contributed by atoms with E-state index in [4.69, 9.17) is 5.26 Å². The minimum Gasteiger partial charge on any atom is -0.368 e. The van der Waals surface area contributed by atoms with Crippen molar-refractivity contribution in [2.45, 2.75) is 19.9 Å². The lowest BCUT2D eigenvalue weighted by Gasteiger charge is -2.03. The van der Waals surface area contributed by atoms with Crippen molar-refractivity contribution in [2.24, 2.45) is 0 Å². The lowest BCUT2D eigenvalue weighted by atomic mass is 10.1. The standard InChI is InChI=1S/C14H15N7/c1-2-16-14-11(8-21(20-14)7-3-5-15)12-10-4-6-17-13(10)19-9-18-12/h4,6,8-9H,2-3,7H2,1H3,(H,16,20)(H,17,18,19). The summed E-state index contributed by atoms with van der Waals surface area (Å²) in [5, 5.41) is 17.4. The summed E-state index contributed by atoms with van der Waals surface area (Å²) < 4.78 is 1.77. The molecule has 0 aromatic carbocycles. The van der Waals surface area contributed by atoms with Crippen LogP contribution in [-0.4, -0.2) is 31.3 Å². The molecule has 7 heteroatoms. The third-order valence-corrected chi connectivity index (χ3v) is 3.17. The van der Waals surface area contributed by atoms with Gasteiger partial charge in [-0.25, -0.2) is 9.97 Å². The van der Waals surface area contributed by atoms with Crippen LogP contribution < -0.4 is 5.32 Å². The van der Waals surface area contributed by atoms with Crippen molar-refractivity contribution in [3.63, 3.8) is 0 Å². The molecule has 3 rings (SSSR count). The molecule has 3 aromatic rings. The molecular formula is C14H15N7. The molecule has 0 bridgehead atoms. The maximum Gasteiger partial charge on any atom is 0.157 e. The number of nitrogens with one attached hydrogen (secondary N) is 2. The van der Waals surface area contributed by atoms with Crippen molar-refractivity contribution in [3.05, 3.63) is 24.8 Å². The van der Waals surface area contributed by atoms with Crippen molar-refractivity contribution in [1.29, 1.82) is 5.26 Å². The van der Waals surface area contributed by atoms with Crippen molar-refractivity contribution in [3.8, 4) is 17.3 Å². The van der Waals surface area contributed by atoms with Crippen LogP contribution in [0.1, 0.15) is 13.3 Å². The number of aromatic nitrogens is 5. The molecule has 7 nitrogen and oxygen atoms in total. The van der Waals surface area contributed by atoms with Crippen LogP contribution in [0, 0.1) is 11.3 Å². The highest BCUT2D eigenvalue weighted by Gasteiger charge is 2.15. The van der Waals surface area contributed by atoms with Crippen molar-refractivity contribution in [1.82, 2.24) is 24.7 Å². The SMILES string of the molecule is CCNc1nn(CCC#N)cc1-c1ncnc2[nH]ccc12. The fourth-order valence-corrected chi connectivity index (χ4v) is 2.26. The molecule has 2 N–H and O–H groups in total. The first-order valence-corrected chi connectivity index (χ1v) is 6.80. The monoisotopic (exact) mass is 281 g/mol. The zero-order valence-corrected chi connectivity index (χ0v) is 11.7. The Morgan fingerprint density at radius 2 is 2.33 bits per heavy atom. The Morgan fingerprint density at radius 1 is 1.43 bits per heavy atom. The van der Waals surface area contributed by atoms with Crippen molar-refractivity contribution < 1.29 is 0 Å². The minimum atomic E-state index is 0.427. The van der Waals surface area contributed by atoms with Gasteiger partial charge in [0.2, 0.25) is 0 Å². The van der Waals surface area contributed by atoms with Gasteiger partial charge in [-0.15, -0.1) is 0 Å². The molecular weight excluding hydrogens is 266 g/mol. The smallest absolute Gasteiger partial charge is 0.157 e. The van der Waals surface area contributed by atoms with E-state index in [9.17, 15) is 0 Å². The summed E-state index contributed by atoms with van der Waals surface area (Å²) in [6.45, 7) is 3.35. The summed E-state index contributed by atoms with van der Waals surface area (Å²) in [4.78, 5) is 11.7. The predicted molar refractivity (Wildman–Crippen MR) is 79.5 cm³/mol. The van der Waals surface area contributed by atoms with Crippen molar-refractivity contribution in [2.75, 3.05) is 11.9 Å². The maximum absolute atomic E-state index is 8.71. The highest BCUT2D eigenvalue weighted by atomic mass is 15.3. The Balaban J connectivity index is 2.09. The molecule has 21 heavy (non-hydrogen) atoms. The number of hydrogen-bond donors (Lipinski definition) is 2. The number of nitriles is 1. The van der Waals surface area contributed by atoms with E-state index in [0.29, 0.717) is 13.0 Å². The first-order chi connectivity index (χ1) is 10.3. The molecule has 0 fully saturated rings. The minimum absolute atomic E-state index is 0.427. The number of fused-ring (bicyclic) bond motifs is 1. The van der Waals surface area contributed by atoms with Gasteiger partial charge in [0, 0.05) is 24.3 Å². The van der Waals surface area contributed by atoms with E-state index in [0.717, 1.165) is 34.7 Å². The summed E-state index contributed by atoms with van der Waals surface area (Å²) in [7, 11) is 0. The molecule has 3 heterocycles. The van der Waals surface area contributed by atoms with E-state index >= 15 is 0 Å². The first kappa shape index (κ1) is 13.1. The fraction of sp³-hybridized carbons (Fsp3) is 0.286. The molecule has 0 radical (unpaired) electrons. The van der Waals surface area contributed by atoms with E-state index in [1.54, 1.807) is 4.68 Å². The fourth-order valence-electron chi connectivity index (χ4n) is 2.26. The molecule has 0 unspecified atom stereocenters. The molecule has 3 aromatic heterocycles. The largest absolute Gasteiger partial charge is 0.368 e. The van der Waals surface area contributed by atoms with Gasteiger partial charge in [0.15, 0.2) is 5.82 Å². The topological polar surface area (TPSA) is 95.2 Å². The van der Waals surface area contributed by atoms with E-state index in [1.165, 1.54) is 6.33 Å². The van der Waals surface area contributed by atoms with Gasteiger partial charge in [0.1, 0.15) is 12.0 Å². The summed E-state index contributed by atoms with van der Waals surface area (Å²) >= 11 is 0. The predicted octanol–water partition coefficient (Wildman–Crippen LogP) is 2.17. The first-order valence-electron chi connectivity index (χ1n) is 6.80. The quantitative estimate of drug-likeness (QED) is 0.747. The number of aryl methyl sites for hydroxylation is 1. The van der Waals surface area contributed by atoms with E-state index in [2.05, 4.69) is 31.4 Å². The van der Waals surface area contributed by atoms with Gasteiger partial charge >= 0.3 is 0 Å². The Morgan fingerprint density at radius 3 is 3.14 bits per heavy atom. The van der Waals surface area contributed by atoms with Gasteiger partial charge in [-0.1, -0.05) is 0 Å². The van der Waals surface area contributed by atoms with Gasteiger partial charge < -0.3 is 10.3 Å².